The Morgan fingerprint density at radius 2 is 1.81 bits per heavy atom. The third kappa shape index (κ3) is 5.45. The van der Waals surface area contributed by atoms with Crippen LogP contribution in [0, 0.1) is 0 Å². The van der Waals surface area contributed by atoms with Crippen LogP contribution in [0.3, 0.4) is 0 Å². The zero-order chi connectivity index (χ0) is 12.7. The first kappa shape index (κ1) is 14.6. The minimum atomic E-state index is -0.373. The predicted octanol–water partition coefficient (Wildman–Crippen LogP) is -1.58. The van der Waals surface area contributed by atoms with Crippen LogP contribution in [0.5, 0.6) is 0 Å². The molecule has 1 amide bonds. The van der Waals surface area contributed by atoms with Crippen LogP contribution in [0.4, 0.5) is 0 Å². The van der Waals surface area contributed by atoms with Crippen molar-refractivity contribution in [2.45, 2.75) is 19.8 Å². The van der Waals surface area contributed by atoms with E-state index in [1.54, 1.807) is 14.1 Å². The van der Waals surface area contributed by atoms with Crippen LogP contribution in [0.2, 0.25) is 0 Å². The first-order valence-corrected chi connectivity index (χ1v) is 5.05. The Bertz CT molecular complexity index is 276. The summed E-state index contributed by atoms with van der Waals surface area (Å²) in [5.74, 6) is -0.840. The molecule has 0 spiro atoms. The van der Waals surface area contributed by atoms with Crippen LogP contribution >= 0.6 is 0 Å². The molecule has 0 saturated carbocycles. The fourth-order valence-corrected chi connectivity index (χ4v) is 1.21. The zero-order valence-corrected chi connectivity index (χ0v) is 10.2. The Labute approximate surface area is 95.1 Å². The molecule has 0 unspecified atom stereocenters. The molecule has 0 heterocycles. The van der Waals surface area contributed by atoms with Gasteiger partial charge in [-0.15, -0.1) is 0 Å². The van der Waals surface area contributed by atoms with Gasteiger partial charge in [-0.05, 0) is 6.92 Å². The number of hydrogen-bond acceptors (Lipinski definition) is 4. The van der Waals surface area contributed by atoms with Crippen LogP contribution in [0.1, 0.15) is 19.8 Å². The Hall–Kier alpha value is -1.43. The lowest BCUT2D eigenvalue weighted by Crippen LogP contribution is -3.13. The van der Waals surface area contributed by atoms with Crippen molar-refractivity contribution in [3.63, 3.8) is 0 Å². The summed E-state index contributed by atoms with van der Waals surface area (Å²) in [5.41, 5.74) is 0. The highest BCUT2D eigenvalue weighted by Crippen LogP contribution is 1.93. The molecule has 1 N–H and O–H groups in total. The van der Waals surface area contributed by atoms with Gasteiger partial charge in [-0.2, -0.15) is 5.01 Å². The van der Waals surface area contributed by atoms with Gasteiger partial charge in [-0.1, -0.05) is 0 Å². The molecule has 0 aromatic rings. The lowest BCUT2D eigenvalue weighted by molar-refractivity contribution is -0.968. The van der Waals surface area contributed by atoms with Gasteiger partial charge in [0.25, 0.3) is 5.91 Å². The second kappa shape index (κ2) is 6.95. The summed E-state index contributed by atoms with van der Waals surface area (Å²) in [6.45, 7) is 1.61. The van der Waals surface area contributed by atoms with Gasteiger partial charge in [0.1, 0.15) is 5.78 Å². The van der Waals surface area contributed by atoms with E-state index in [9.17, 15) is 14.4 Å². The monoisotopic (exact) mass is 231 g/mol. The zero-order valence-electron chi connectivity index (χ0n) is 10.2. The van der Waals surface area contributed by atoms with E-state index in [1.807, 2.05) is 0 Å². The number of carbonyl (C=O) groups excluding carboxylic acids is 3. The van der Waals surface area contributed by atoms with Crippen molar-refractivity contribution in [1.82, 2.24) is 5.01 Å². The first-order valence-electron chi connectivity index (χ1n) is 5.05. The first-order chi connectivity index (χ1) is 7.38. The van der Waals surface area contributed by atoms with Crippen LogP contribution in [-0.4, -0.2) is 50.4 Å². The van der Waals surface area contributed by atoms with Gasteiger partial charge in [-0.25, -0.2) is 5.01 Å². The predicted molar refractivity (Wildman–Crippen MR) is 56.5 cm³/mol. The lowest BCUT2D eigenvalue weighted by atomic mass is 10.3. The van der Waals surface area contributed by atoms with Crippen molar-refractivity contribution in [1.29, 1.82) is 0 Å². The highest BCUT2D eigenvalue weighted by molar-refractivity contribution is 5.96. The maximum atomic E-state index is 11.6. The summed E-state index contributed by atoms with van der Waals surface area (Å²) in [6, 6.07) is 0. The molecule has 92 valence electrons. The van der Waals surface area contributed by atoms with E-state index in [0.717, 1.165) is 5.01 Å². The van der Waals surface area contributed by atoms with Crippen molar-refractivity contribution < 1.29 is 24.1 Å². The van der Waals surface area contributed by atoms with Crippen molar-refractivity contribution in [2.24, 2.45) is 0 Å². The fraction of sp³-hybridized carbons (Fsp3) is 0.700. The molecule has 0 aromatic carbocycles. The number of amides is 1. The molecule has 6 heteroatoms. The molecule has 0 fully saturated rings. The molecule has 0 aliphatic rings. The number of nitrogens with one attached hydrogen (secondary N) is 1. The number of methoxy groups -OCH3 is 1. The van der Waals surface area contributed by atoms with Crippen molar-refractivity contribution in [3.8, 4) is 0 Å². The van der Waals surface area contributed by atoms with E-state index in [0.29, 0.717) is 0 Å². The Morgan fingerprint density at radius 1 is 1.25 bits per heavy atom. The molecule has 0 saturated heterocycles. The number of Topliss-reactive ketones (excluding diaryl/α,β-unsaturated/α-hetero) is 1. The largest absolute Gasteiger partial charge is 0.469 e. The Morgan fingerprint density at radius 3 is 2.19 bits per heavy atom. The Kier molecular flexibility index (Phi) is 6.32. The van der Waals surface area contributed by atoms with Crippen LogP contribution < -0.4 is 5.01 Å². The van der Waals surface area contributed by atoms with Crippen molar-refractivity contribution >= 4 is 17.7 Å². The highest BCUT2D eigenvalue weighted by atomic mass is 16.5. The number of carbonyl (C=O) groups is 3. The molecular formula is C10H19N2O4+. The molecule has 0 aliphatic heterocycles. The molecule has 16 heavy (non-hydrogen) atoms. The van der Waals surface area contributed by atoms with E-state index in [-0.39, 0.29) is 37.0 Å². The highest BCUT2D eigenvalue weighted by Gasteiger charge is 2.21. The number of quaternary nitrogens is 1. The molecule has 6 nitrogen and oxygen atoms in total. The van der Waals surface area contributed by atoms with Gasteiger partial charge in [0.05, 0.1) is 40.6 Å². The number of ketones is 1. The van der Waals surface area contributed by atoms with Gasteiger partial charge in [0, 0.05) is 0 Å². The average molecular weight is 231 g/mol. The molecular weight excluding hydrogens is 212 g/mol. The number of hydrogen-bond donors (Lipinski definition) is 1. The van der Waals surface area contributed by atoms with Gasteiger partial charge in [-0.3, -0.25) is 14.4 Å². The maximum Gasteiger partial charge on any atom is 0.307 e. The van der Waals surface area contributed by atoms with Crippen molar-refractivity contribution in [2.75, 3.05) is 27.7 Å². The number of rotatable bonds is 6. The number of nitrogens with zero attached hydrogens (tertiary/aromatic N) is 1. The van der Waals surface area contributed by atoms with Gasteiger partial charge >= 0.3 is 5.97 Å². The third-order valence-corrected chi connectivity index (χ3v) is 2.01. The average Bonchev–Trinajstić information content (AvgIpc) is 2.15. The summed E-state index contributed by atoms with van der Waals surface area (Å²) >= 11 is 0. The van der Waals surface area contributed by atoms with Gasteiger partial charge in [0.15, 0.2) is 0 Å². The number of ether oxygens (including phenoxy) is 1. The third-order valence-electron chi connectivity index (χ3n) is 2.01. The SMILES string of the molecule is COC(=O)CCN(C(=O)CC(C)=O)[NH+](C)C. The molecule has 0 bridgehead atoms. The quantitative estimate of drug-likeness (QED) is 0.340. The number of esters is 1. The summed E-state index contributed by atoms with van der Waals surface area (Å²) in [6.07, 6.45) is -0.00230. The second-order valence-electron chi connectivity index (χ2n) is 3.70. The van der Waals surface area contributed by atoms with Crippen LogP contribution in [-0.2, 0) is 19.1 Å². The minimum absolute atomic E-state index is 0.130. The molecule has 0 radical (unpaired) electrons. The fourth-order valence-electron chi connectivity index (χ4n) is 1.21. The second-order valence-corrected chi connectivity index (χ2v) is 3.70. The van der Waals surface area contributed by atoms with Crippen LogP contribution in [0.25, 0.3) is 0 Å². The topological polar surface area (TPSA) is 68.1 Å². The maximum absolute atomic E-state index is 11.6. The van der Waals surface area contributed by atoms with Crippen molar-refractivity contribution in [3.05, 3.63) is 0 Å². The van der Waals surface area contributed by atoms with E-state index < -0.39 is 0 Å². The molecule has 0 rings (SSSR count). The van der Waals surface area contributed by atoms with Gasteiger partial charge < -0.3 is 4.74 Å². The molecule has 0 aliphatic carbocycles. The van der Waals surface area contributed by atoms with E-state index in [4.69, 9.17) is 0 Å². The summed E-state index contributed by atoms with van der Waals surface area (Å²) in [5, 5.41) is 2.19. The Balaban J connectivity index is 4.32. The van der Waals surface area contributed by atoms with E-state index >= 15 is 0 Å². The lowest BCUT2D eigenvalue weighted by Gasteiger charge is -2.24. The van der Waals surface area contributed by atoms with E-state index in [1.165, 1.54) is 19.0 Å². The normalized spacial score (nSPS) is 10.1. The minimum Gasteiger partial charge on any atom is -0.469 e. The van der Waals surface area contributed by atoms with Crippen LogP contribution in [0.15, 0.2) is 0 Å². The van der Waals surface area contributed by atoms with Gasteiger partial charge in [0.2, 0.25) is 0 Å². The van der Waals surface area contributed by atoms with E-state index in [2.05, 4.69) is 4.74 Å². The molecule has 0 atom stereocenters. The summed E-state index contributed by atoms with van der Waals surface area (Å²) in [7, 11) is 4.82. The summed E-state index contributed by atoms with van der Waals surface area (Å²) in [4.78, 5) is 33.4. The summed E-state index contributed by atoms with van der Waals surface area (Å²) < 4.78 is 4.49. The standard InChI is InChI=1S/C10H18N2O4/c1-8(13)7-9(14)12(11(2)3)6-5-10(15)16-4/h5-7H2,1-4H3/p+1. The smallest absolute Gasteiger partial charge is 0.307 e. The molecule has 0 aromatic heterocycles.